The first kappa shape index (κ1) is 15.9. The van der Waals surface area contributed by atoms with Gasteiger partial charge in [0.15, 0.2) is 0 Å². The Morgan fingerprint density at radius 2 is 2.11 bits per heavy atom. The molecule has 0 radical (unpaired) electrons. The van der Waals surface area contributed by atoms with Gasteiger partial charge in [-0.05, 0) is 28.9 Å². The number of hydrogen-bond acceptors (Lipinski definition) is 5. The number of nitro benzene ring substituents is 1. The Morgan fingerprint density at radius 1 is 1.37 bits per heavy atom. The number of nitrogens with one attached hydrogen (secondary N) is 2. The molecular formula is C12H18BrN3O3. The normalized spacial score (nSPS) is 10.5. The highest BCUT2D eigenvalue weighted by Gasteiger charge is 2.13. The van der Waals surface area contributed by atoms with Crippen molar-refractivity contribution in [2.75, 3.05) is 38.7 Å². The van der Waals surface area contributed by atoms with Crippen molar-refractivity contribution in [1.82, 2.24) is 5.32 Å². The number of ether oxygens (including phenoxy) is 1. The lowest BCUT2D eigenvalue weighted by atomic mass is 10.2. The fourth-order valence-electron chi connectivity index (χ4n) is 1.59. The van der Waals surface area contributed by atoms with Gasteiger partial charge in [0.05, 0.1) is 11.5 Å². The Morgan fingerprint density at radius 3 is 2.74 bits per heavy atom. The summed E-state index contributed by atoms with van der Waals surface area (Å²) in [6, 6.07) is 3.30. The van der Waals surface area contributed by atoms with E-state index in [1.54, 1.807) is 20.1 Å². The number of methoxy groups -OCH3 is 1. The molecule has 0 aliphatic carbocycles. The Labute approximate surface area is 120 Å². The molecule has 0 aliphatic heterocycles. The lowest BCUT2D eigenvalue weighted by Gasteiger charge is -2.10. The zero-order chi connectivity index (χ0) is 14.3. The van der Waals surface area contributed by atoms with Gasteiger partial charge >= 0.3 is 0 Å². The van der Waals surface area contributed by atoms with Crippen molar-refractivity contribution in [3.63, 3.8) is 0 Å². The molecule has 0 bridgehead atoms. The van der Waals surface area contributed by atoms with Crippen LogP contribution in [0, 0.1) is 17.0 Å². The zero-order valence-electron chi connectivity index (χ0n) is 11.0. The van der Waals surface area contributed by atoms with Crippen LogP contribution < -0.4 is 10.6 Å². The van der Waals surface area contributed by atoms with E-state index in [1.165, 1.54) is 6.07 Å². The molecule has 0 aliphatic rings. The van der Waals surface area contributed by atoms with Gasteiger partial charge in [-0.15, -0.1) is 0 Å². The maximum absolute atomic E-state index is 10.8. The summed E-state index contributed by atoms with van der Waals surface area (Å²) in [4.78, 5) is 10.4. The van der Waals surface area contributed by atoms with Crippen molar-refractivity contribution in [3.8, 4) is 0 Å². The van der Waals surface area contributed by atoms with Gasteiger partial charge < -0.3 is 15.4 Å². The predicted molar refractivity (Wildman–Crippen MR) is 78.8 cm³/mol. The van der Waals surface area contributed by atoms with Crippen LogP contribution in [-0.2, 0) is 4.74 Å². The molecule has 0 fully saturated rings. The Bertz CT molecular complexity index is 440. The molecule has 1 aromatic carbocycles. The molecule has 0 saturated carbocycles. The van der Waals surface area contributed by atoms with Crippen molar-refractivity contribution >= 4 is 27.3 Å². The van der Waals surface area contributed by atoms with Crippen LogP contribution in [0.25, 0.3) is 0 Å². The van der Waals surface area contributed by atoms with E-state index in [2.05, 4.69) is 26.6 Å². The molecule has 0 atom stereocenters. The number of nitrogens with zero attached hydrogens (tertiary/aromatic N) is 1. The van der Waals surface area contributed by atoms with E-state index >= 15 is 0 Å². The number of rotatable bonds is 8. The highest BCUT2D eigenvalue weighted by Crippen LogP contribution is 2.30. The number of hydrogen-bond donors (Lipinski definition) is 2. The predicted octanol–water partition coefficient (Wildman–Crippen LogP) is 2.31. The highest BCUT2D eigenvalue weighted by atomic mass is 79.9. The number of halogens is 1. The molecule has 19 heavy (non-hydrogen) atoms. The van der Waals surface area contributed by atoms with E-state index in [0.29, 0.717) is 16.6 Å². The van der Waals surface area contributed by atoms with Crippen LogP contribution in [0.2, 0.25) is 0 Å². The number of benzene rings is 1. The van der Waals surface area contributed by atoms with Crippen molar-refractivity contribution < 1.29 is 9.66 Å². The largest absolute Gasteiger partial charge is 0.383 e. The first-order valence-corrected chi connectivity index (χ1v) is 6.73. The maximum Gasteiger partial charge on any atom is 0.273 e. The lowest BCUT2D eigenvalue weighted by molar-refractivity contribution is -0.385. The minimum absolute atomic E-state index is 0.121. The van der Waals surface area contributed by atoms with Crippen molar-refractivity contribution in [1.29, 1.82) is 0 Å². The second-order valence-corrected chi connectivity index (χ2v) is 4.90. The third kappa shape index (κ3) is 5.14. The smallest absolute Gasteiger partial charge is 0.273 e. The molecule has 1 aromatic rings. The SMILES string of the molecule is COCCNCCNc1cc(C)c([N+](=O)[O-])cc1Br. The van der Waals surface area contributed by atoms with E-state index < -0.39 is 0 Å². The molecule has 0 unspecified atom stereocenters. The van der Waals surface area contributed by atoms with E-state index in [4.69, 9.17) is 4.74 Å². The molecular weight excluding hydrogens is 314 g/mol. The van der Waals surface area contributed by atoms with Crippen LogP contribution in [-0.4, -0.2) is 38.3 Å². The van der Waals surface area contributed by atoms with Crippen LogP contribution in [0.5, 0.6) is 0 Å². The molecule has 6 nitrogen and oxygen atoms in total. The molecule has 2 N–H and O–H groups in total. The van der Waals surface area contributed by atoms with Crippen LogP contribution in [0.3, 0.4) is 0 Å². The van der Waals surface area contributed by atoms with Crippen molar-refractivity contribution in [3.05, 3.63) is 32.3 Å². The molecule has 106 valence electrons. The quantitative estimate of drug-likeness (QED) is 0.434. The first-order chi connectivity index (χ1) is 9.06. The van der Waals surface area contributed by atoms with Gasteiger partial charge in [0.25, 0.3) is 5.69 Å². The molecule has 1 rings (SSSR count). The maximum atomic E-state index is 10.8. The fraction of sp³-hybridized carbons (Fsp3) is 0.500. The van der Waals surface area contributed by atoms with Gasteiger partial charge in [-0.25, -0.2) is 0 Å². The number of anilines is 1. The minimum atomic E-state index is -0.379. The topological polar surface area (TPSA) is 76.4 Å². The average molecular weight is 332 g/mol. The Kier molecular flexibility index (Phi) is 6.75. The van der Waals surface area contributed by atoms with Gasteiger partial charge in [0, 0.05) is 48.5 Å². The van der Waals surface area contributed by atoms with Crippen molar-refractivity contribution in [2.45, 2.75) is 6.92 Å². The zero-order valence-corrected chi connectivity index (χ0v) is 12.6. The summed E-state index contributed by atoms with van der Waals surface area (Å²) in [7, 11) is 1.66. The van der Waals surface area contributed by atoms with Gasteiger partial charge in [-0.3, -0.25) is 10.1 Å². The van der Waals surface area contributed by atoms with Crippen LogP contribution in [0.4, 0.5) is 11.4 Å². The molecule has 0 spiro atoms. The summed E-state index contributed by atoms with van der Waals surface area (Å²) in [5.41, 5.74) is 1.62. The Balaban J connectivity index is 2.50. The number of aryl methyl sites for hydroxylation is 1. The van der Waals surface area contributed by atoms with Crippen LogP contribution in [0.15, 0.2) is 16.6 Å². The summed E-state index contributed by atoms with van der Waals surface area (Å²) in [6.45, 7) is 4.75. The summed E-state index contributed by atoms with van der Waals surface area (Å²) in [6.07, 6.45) is 0. The van der Waals surface area contributed by atoms with E-state index in [9.17, 15) is 10.1 Å². The molecule has 0 amide bonds. The molecule has 7 heteroatoms. The Hall–Kier alpha value is -1.18. The summed E-state index contributed by atoms with van der Waals surface area (Å²) in [5.74, 6) is 0. The molecule has 0 saturated heterocycles. The van der Waals surface area contributed by atoms with Crippen LogP contribution >= 0.6 is 15.9 Å². The minimum Gasteiger partial charge on any atom is -0.383 e. The van der Waals surface area contributed by atoms with Gasteiger partial charge in [0.2, 0.25) is 0 Å². The van der Waals surface area contributed by atoms with Gasteiger partial charge in [-0.1, -0.05) is 0 Å². The fourth-order valence-corrected chi connectivity index (χ4v) is 2.06. The monoisotopic (exact) mass is 331 g/mol. The van der Waals surface area contributed by atoms with Crippen LogP contribution in [0.1, 0.15) is 5.56 Å². The third-order valence-corrected chi connectivity index (χ3v) is 3.24. The van der Waals surface area contributed by atoms with E-state index in [0.717, 1.165) is 25.3 Å². The summed E-state index contributed by atoms with van der Waals surface area (Å²) in [5, 5.41) is 17.2. The molecule has 0 heterocycles. The highest BCUT2D eigenvalue weighted by molar-refractivity contribution is 9.10. The lowest BCUT2D eigenvalue weighted by Crippen LogP contribution is -2.25. The second kappa shape index (κ2) is 8.08. The average Bonchev–Trinajstić information content (AvgIpc) is 2.36. The van der Waals surface area contributed by atoms with Crippen molar-refractivity contribution in [2.24, 2.45) is 0 Å². The second-order valence-electron chi connectivity index (χ2n) is 4.05. The van der Waals surface area contributed by atoms with Gasteiger partial charge in [-0.2, -0.15) is 0 Å². The summed E-state index contributed by atoms with van der Waals surface area (Å²) >= 11 is 3.34. The molecule has 0 aromatic heterocycles. The van der Waals surface area contributed by atoms with E-state index in [1.807, 2.05) is 0 Å². The standard InChI is InChI=1S/C12H18BrN3O3/c1-9-7-11(10(13)8-12(9)16(17)18)15-4-3-14-5-6-19-2/h7-8,14-15H,3-6H2,1-2H3. The third-order valence-electron chi connectivity index (χ3n) is 2.58. The number of nitro groups is 1. The van der Waals surface area contributed by atoms with Gasteiger partial charge in [0.1, 0.15) is 0 Å². The summed E-state index contributed by atoms with van der Waals surface area (Å²) < 4.78 is 5.62. The first-order valence-electron chi connectivity index (χ1n) is 5.94. The van der Waals surface area contributed by atoms with E-state index in [-0.39, 0.29) is 10.6 Å².